The average Bonchev–Trinajstić information content (AvgIpc) is 2.51. The second kappa shape index (κ2) is 10.9. The van der Waals surface area contributed by atoms with E-state index in [1.54, 1.807) is 0 Å². The van der Waals surface area contributed by atoms with Crippen LogP contribution in [0.3, 0.4) is 0 Å². The summed E-state index contributed by atoms with van der Waals surface area (Å²) in [6.45, 7) is 0.686. The lowest BCUT2D eigenvalue weighted by Crippen LogP contribution is -2.24. The van der Waals surface area contributed by atoms with Gasteiger partial charge in [-0.25, -0.2) is 0 Å². The van der Waals surface area contributed by atoms with E-state index in [0.717, 1.165) is 32.1 Å². The highest BCUT2D eigenvalue weighted by Gasteiger charge is 2.02. The summed E-state index contributed by atoms with van der Waals surface area (Å²) in [5, 5.41) is 2.92. The van der Waals surface area contributed by atoms with Crippen molar-refractivity contribution >= 4 is 11.9 Å². The molecule has 0 radical (unpaired) electrons. The zero-order valence-corrected chi connectivity index (χ0v) is 12.8. The number of aryl methyl sites for hydroxylation is 1. The minimum absolute atomic E-state index is 0.110. The molecule has 0 heterocycles. The molecule has 0 aliphatic carbocycles. The molecule has 1 aromatic rings. The molecule has 0 unspecified atom stereocenters. The molecule has 0 spiro atoms. The first-order valence-corrected chi connectivity index (χ1v) is 7.60. The summed E-state index contributed by atoms with van der Waals surface area (Å²) >= 11 is 0. The third kappa shape index (κ3) is 8.84. The number of esters is 1. The number of nitrogens with one attached hydrogen (secondary N) is 1. The summed E-state index contributed by atoms with van der Waals surface area (Å²) in [5.74, 6) is -0.0566. The number of amides is 1. The van der Waals surface area contributed by atoms with Gasteiger partial charge in [0.15, 0.2) is 0 Å². The molecule has 4 nitrogen and oxygen atoms in total. The van der Waals surface area contributed by atoms with Gasteiger partial charge < -0.3 is 10.1 Å². The molecule has 1 rings (SSSR count). The standard InChI is InChI=1S/C17H25NO3/c1-21-17(20)13-6-3-7-14-18-16(19)12-8-11-15-9-4-2-5-10-15/h2,4-5,9-10H,3,6-8,11-14H2,1H3,(H,18,19). The molecule has 0 saturated carbocycles. The number of ether oxygens (including phenoxy) is 1. The summed E-state index contributed by atoms with van der Waals surface area (Å²) in [4.78, 5) is 22.5. The first-order chi connectivity index (χ1) is 10.2. The number of rotatable bonds is 10. The molecule has 0 saturated heterocycles. The largest absolute Gasteiger partial charge is 0.469 e. The Bertz CT molecular complexity index is 417. The van der Waals surface area contributed by atoms with Gasteiger partial charge in [0, 0.05) is 19.4 Å². The summed E-state index contributed by atoms with van der Waals surface area (Å²) in [6.07, 6.45) is 5.49. The third-order valence-electron chi connectivity index (χ3n) is 3.32. The molecule has 1 amide bonds. The molecule has 4 heteroatoms. The fourth-order valence-corrected chi connectivity index (χ4v) is 2.09. The fraction of sp³-hybridized carbons (Fsp3) is 0.529. The van der Waals surface area contributed by atoms with Gasteiger partial charge in [0.1, 0.15) is 0 Å². The molecular formula is C17H25NO3. The van der Waals surface area contributed by atoms with Gasteiger partial charge in [-0.3, -0.25) is 9.59 Å². The van der Waals surface area contributed by atoms with Gasteiger partial charge in [-0.2, -0.15) is 0 Å². The van der Waals surface area contributed by atoms with Crippen LogP contribution in [0.5, 0.6) is 0 Å². The summed E-state index contributed by atoms with van der Waals surface area (Å²) in [6, 6.07) is 10.2. The van der Waals surface area contributed by atoms with Crippen molar-refractivity contribution < 1.29 is 14.3 Å². The molecule has 0 aliphatic heterocycles. The summed E-state index contributed by atoms with van der Waals surface area (Å²) in [5.41, 5.74) is 1.27. The van der Waals surface area contributed by atoms with Gasteiger partial charge in [0.25, 0.3) is 0 Å². The molecule has 116 valence electrons. The van der Waals surface area contributed by atoms with E-state index in [1.807, 2.05) is 18.2 Å². The molecular weight excluding hydrogens is 266 g/mol. The maximum Gasteiger partial charge on any atom is 0.305 e. The van der Waals surface area contributed by atoms with Crippen LogP contribution in [0.4, 0.5) is 0 Å². The number of carbonyl (C=O) groups is 2. The Labute approximate surface area is 126 Å². The number of methoxy groups -OCH3 is 1. The van der Waals surface area contributed by atoms with Crippen LogP contribution in [-0.4, -0.2) is 25.5 Å². The summed E-state index contributed by atoms with van der Waals surface area (Å²) in [7, 11) is 1.40. The second-order valence-electron chi connectivity index (χ2n) is 5.08. The van der Waals surface area contributed by atoms with E-state index in [1.165, 1.54) is 12.7 Å². The molecule has 0 atom stereocenters. The van der Waals surface area contributed by atoms with E-state index in [-0.39, 0.29) is 11.9 Å². The van der Waals surface area contributed by atoms with Crippen LogP contribution < -0.4 is 5.32 Å². The Kier molecular flexibility index (Phi) is 8.93. The van der Waals surface area contributed by atoms with Crippen LogP contribution in [0, 0.1) is 0 Å². The third-order valence-corrected chi connectivity index (χ3v) is 3.32. The lowest BCUT2D eigenvalue weighted by Gasteiger charge is -2.05. The fourth-order valence-electron chi connectivity index (χ4n) is 2.09. The number of hydrogen-bond acceptors (Lipinski definition) is 3. The van der Waals surface area contributed by atoms with Gasteiger partial charge in [-0.05, 0) is 31.2 Å². The van der Waals surface area contributed by atoms with E-state index in [9.17, 15) is 9.59 Å². The van der Waals surface area contributed by atoms with E-state index >= 15 is 0 Å². The number of hydrogen-bond donors (Lipinski definition) is 1. The van der Waals surface area contributed by atoms with Crippen molar-refractivity contribution in [1.29, 1.82) is 0 Å². The van der Waals surface area contributed by atoms with Crippen molar-refractivity contribution in [2.45, 2.75) is 44.9 Å². The van der Waals surface area contributed by atoms with Crippen LogP contribution in [-0.2, 0) is 20.7 Å². The van der Waals surface area contributed by atoms with Crippen molar-refractivity contribution in [3.63, 3.8) is 0 Å². The lowest BCUT2D eigenvalue weighted by atomic mass is 10.1. The van der Waals surface area contributed by atoms with Crippen molar-refractivity contribution in [3.05, 3.63) is 35.9 Å². The van der Waals surface area contributed by atoms with Crippen LogP contribution >= 0.6 is 0 Å². The van der Waals surface area contributed by atoms with Crippen LogP contribution in [0.1, 0.15) is 44.1 Å². The van der Waals surface area contributed by atoms with Crippen LogP contribution in [0.2, 0.25) is 0 Å². The van der Waals surface area contributed by atoms with Crippen molar-refractivity contribution in [2.24, 2.45) is 0 Å². The van der Waals surface area contributed by atoms with Gasteiger partial charge in [-0.15, -0.1) is 0 Å². The summed E-state index contributed by atoms with van der Waals surface area (Å²) < 4.78 is 4.57. The van der Waals surface area contributed by atoms with Crippen LogP contribution in [0.25, 0.3) is 0 Å². The second-order valence-corrected chi connectivity index (χ2v) is 5.08. The Morgan fingerprint density at radius 2 is 1.76 bits per heavy atom. The zero-order valence-electron chi connectivity index (χ0n) is 12.8. The number of unbranched alkanes of at least 4 members (excludes halogenated alkanes) is 2. The van der Waals surface area contributed by atoms with Gasteiger partial charge in [-0.1, -0.05) is 36.8 Å². The number of benzene rings is 1. The predicted octanol–water partition coefficient (Wildman–Crippen LogP) is 2.86. The molecule has 0 aromatic heterocycles. The van der Waals surface area contributed by atoms with Gasteiger partial charge in [0.05, 0.1) is 7.11 Å². The topological polar surface area (TPSA) is 55.4 Å². The minimum Gasteiger partial charge on any atom is -0.469 e. The SMILES string of the molecule is COC(=O)CCCCCNC(=O)CCCc1ccccc1. The first-order valence-electron chi connectivity index (χ1n) is 7.60. The minimum atomic E-state index is -0.167. The van der Waals surface area contributed by atoms with Crippen molar-refractivity contribution in [3.8, 4) is 0 Å². The highest BCUT2D eigenvalue weighted by atomic mass is 16.5. The van der Waals surface area contributed by atoms with Gasteiger partial charge in [0.2, 0.25) is 5.91 Å². The quantitative estimate of drug-likeness (QED) is 0.533. The predicted molar refractivity (Wildman–Crippen MR) is 82.9 cm³/mol. The van der Waals surface area contributed by atoms with E-state index in [2.05, 4.69) is 22.2 Å². The Balaban J connectivity index is 1.95. The van der Waals surface area contributed by atoms with Gasteiger partial charge >= 0.3 is 5.97 Å². The van der Waals surface area contributed by atoms with Crippen LogP contribution in [0.15, 0.2) is 30.3 Å². The molecule has 1 aromatic carbocycles. The monoisotopic (exact) mass is 291 g/mol. The van der Waals surface area contributed by atoms with E-state index in [0.29, 0.717) is 19.4 Å². The molecule has 1 N–H and O–H groups in total. The Hall–Kier alpha value is -1.84. The first kappa shape index (κ1) is 17.2. The molecule has 0 fully saturated rings. The maximum absolute atomic E-state index is 11.6. The normalized spacial score (nSPS) is 10.1. The Morgan fingerprint density at radius 3 is 2.48 bits per heavy atom. The maximum atomic E-state index is 11.6. The average molecular weight is 291 g/mol. The highest BCUT2D eigenvalue weighted by molar-refractivity contribution is 5.75. The van der Waals surface area contributed by atoms with Crippen molar-refractivity contribution in [1.82, 2.24) is 5.32 Å². The molecule has 21 heavy (non-hydrogen) atoms. The zero-order chi connectivity index (χ0) is 15.3. The Morgan fingerprint density at radius 1 is 1.00 bits per heavy atom. The van der Waals surface area contributed by atoms with Crippen molar-refractivity contribution in [2.75, 3.05) is 13.7 Å². The molecule has 0 bridgehead atoms. The van der Waals surface area contributed by atoms with E-state index < -0.39 is 0 Å². The highest BCUT2D eigenvalue weighted by Crippen LogP contribution is 2.04. The number of carbonyl (C=O) groups excluding carboxylic acids is 2. The smallest absolute Gasteiger partial charge is 0.305 e. The molecule has 0 aliphatic rings. The van der Waals surface area contributed by atoms with E-state index in [4.69, 9.17) is 0 Å². The lowest BCUT2D eigenvalue weighted by molar-refractivity contribution is -0.140.